The summed E-state index contributed by atoms with van der Waals surface area (Å²) in [6, 6.07) is 15.6. The van der Waals surface area contributed by atoms with E-state index < -0.39 is 16.9 Å². The first-order valence-electron chi connectivity index (χ1n) is 11.0. The largest absolute Gasteiger partial charge is 0.466 e. The van der Waals surface area contributed by atoms with Crippen LogP contribution in [0.3, 0.4) is 0 Å². The third-order valence-corrected chi connectivity index (χ3v) is 7.11. The highest BCUT2D eigenvalue weighted by Gasteiger charge is 2.33. The summed E-state index contributed by atoms with van der Waals surface area (Å²) in [6.07, 6.45) is 1.61. The maximum absolute atomic E-state index is 13.6. The Kier molecular flexibility index (Phi) is 6.36. The van der Waals surface area contributed by atoms with Crippen molar-refractivity contribution in [1.82, 2.24) is 4.57 Å². The van der Waals surface area contributed by atoms with Crippen molar-refractivity contribution >= 4 is 40.7 Å². The zero-order valence-corrected chi connectivity index (χ0v) is 21.1. The number of ether oxygens (including phenoxy) is 1. The van der Waals surface area contributed by atoms with E-state index in [4.69, 9.17) is 20.8 Å². The molecule has 0 saturated heterocycles. The van der Waals surface area contributed by atoms with Gasteiger partial charge in [0.2, 0.25) is 0 Å². The third-order valence-electron chi connectivity index (χ3n) is 5.88. The second kappa shape index (κ2) is 9.64. The number of nitro benzene ring substituents is 1. The fraction of sp³-hybridized carbons (Fsp3) is 0.115. The maximum atomic E-state index is 13.6. The summed E-state index contributed by atoms with van der Waals surface area (Å²) < 4.78 is 12.7. The number of allylic oxidation sites excluding steroid dienone is 1. The van der Waals surface area contributed by atoms with Crippen LogP contribution in [0.25, 0.3) is 17.4 Å². The van der Waals surface area contributed by atoms with Gasteiger partial charge in [-0.05, 0) is 48.9 Å². The van der Waals surface area contributed by atoms with E-state index in [1.165, 1.54) is 35.1 Å². The molecule has 3 heterocycles. The first kappa shape index (κ1) is 24.4. The number of thiazole rings is 1. The molecular formula is C26H18ClN3O6S. The number of furan rings is 1. The summed E-state index contributed by atoms with van der Waals surface area (Å²) in [4.78, 5) is 41.7. The van der Waals surface area contributed by atoms with Gasteiger partial charge in [-0.2, -0.15) is 0 Å². The number of esters is 1. The van der Waals surface area contributed by atoms with Crippen LogP contribution in [0, 0.1) is 10.1 Å². The lowest BCUT2D eigenvalue weighted by molar-refractivity contribution is -0.384. The molecule has 0 radical (unpaired) electrons. The number of aromatic nitrogens is 1. The van der Waals surface area contributed by atoms with Crippen LogP contribution in [-0.2, 0) is 9.53 Å². The molecule has 11 heteroatoms. The summed E-state index contributed by atoms with van der Waals surface area (Å²) in [5.74, 6) is 0.344. The van der Waals surface area contributed by atoms with Crippen LogP contribution in [0.2, 0.25) is 5.02 Å². The van der Waals surface area contributed by atoms with Gasteiger partial charge in [0, 0.05) is 28.8 Å². The van der Waals surface area contributed by atoms with Gasteiger partial charge < -0.3 is 9.15 Å². The Labute approximate surface area is 218 Å². The number of rotatable bonds is 5. The highest BCUT2D eigenvalue weighted by atomic mass is 35.5. The highest BCUT2D eigenvalue weighted by Crippen LogP contribution is 2.31. The molecule has 1 aliphatic rings. The highest BCUT2D eigenvalue weighted by molar-refractivity contribution is 7.07. The number of hydrogen-bond acceptors (Lipinski definition) is 8. The van der Waals surface area contributed by atoms with Crippen molar-refractivity contribution in [2.75, 3.05) is 7.11 Å². The fourth-order valence-corrected chi connectivity index (χ4v) is 5.27. The van der Waals surface area contributed by atoms with E-state index in [1.54, 1.807) is 61.5 Å². The van der Waals surface area contributed by atoms with E-state index >= 15 is 0 Å². The van der Waals surface area contributed by atoms with Crippen molar-refractivity contribution in [3.8, 4) is 11.3 Å². The molecule has 1 atom stereocenters. The quantitative estimate of drug-likeness (QED) is 0.214. The predicted octanol–water partition coefficient (Wildman–Crippen LogP) is 4.23. The van der Waals surface area contributed by atoms with Crippen LogP contribution in [-0.4, -0.2) is 22.6 Å². The normalized spacial score (nSPS) is 15.3. The summed E-state index contributed by atoms with van der Waals surface area (Å²) in [7, 11) is 1.28. The number of non-ortho nitro benzene ring substituents is 1. The number of nitrogens with zero attached hydrogens (tertiary/aromatic N) is 3. The molecule has 0 spiro atoms. The molecule has 9 nitrogen and oxygen atoms in total. The summed E-state index contributed by atoms with van der Waals surface area (Å²) in [5.41, 5.74) is 1.71. The van der Waals surface area contributed by atoms with Crippen molar-refractivity contribution < 1.29 is 18.9 Å². The van der Waals surface area contributed by atoms with Crippen molar-refractivity contribution in [2.45, 2.75) is 13.0 Å². The molecule has 1 aliphatic heterocycles. The molecule has 4 aromatic rings. The number of fused-ring (bicyclic) bond motifs is 1. The number of halogens is 1. The number of hydrogen-bond donors (Lipinski definition) is 0. The minimum atomic E-state index is -0.740. The Balaban J connectivity index is 1.60. The molecule has 0 amide bonds. The first-order chi connectivity index (χ1) is 17.8. The molecule has 2 aromatic carbocycles. The second-order valence-electron chi connectivity index (χ2n) is 8.13. The van der Waals surface area contributed by atoms with Crippen LogP contribution in [0.5, 0.6) is 0 Å². The van der Waals surface area contributed by atoms with Crippen molar-refractivity contribution in [3.05, 3.63) is 118 Å². The number of nitro groups is 1. The number of carbonyl (C=O) groups is 1. The number of benzene rings is 2. The standard InChI is InChI=1S/C26H18ClN3O6S/c1-14-22(25(32)35-2)23(16-3-7-17(27)8-4-16)29-24(31)21(37-26(29)28-14)13-19-11-12-20(36-19)15-5-9-18(10-6-15)30(33)34/h3-13,23H,1-2H3/b21-13-/t23-/m1/s1. The molecule has 0 bridgehead atoms. The van der Waals surface area contributed by atoms with Gasteiger partial charge in [0.15, 0.2) is 4.80 Å². The van der Waals surface area contributed by atoms with E-state index in [0.717, 1.165) is 0 Å². The van der Waals surface area contributed by atoms with Crippen LogP contribution < -0.4 is 14.9 Å². The average Bonchev–Trinajstić information content (AvgIpc) is 3.48. The van der Waals surface area contributed by atoms with Gasteiger partial charge in [-0.1, -0.05) is 35.1 Å². The van der Waals surface area contributed by atoms with E-state index in [1.807, 2.05) is 0 Å². The monoisotopic (exact) mass is 535 g/mol. The molecule has 0 N–H and O–H groups in total. The Bertz CT molecular complexity index is 1750. The zero-order chi connectivity index (χ0) is 26.3. The van der Waals surface area contributed by atoms with E-state index in [0.29, 0.717) is 42.7 Å². The topological polar surface area (TPSA) is 117 Å². The van der Waals surface area contributed by atoms with Gasteiger partial charge >= 0.3 is 5.97 Å². The predicted molar refractivity (Wildman–Crippen MR) is 138 cm³/mol. The molecule has 186 valence electrons. The Morgan fingerprint density at radius 3 is 2.51 bits per heavy atom. The summed E-state index contributed by atoms with van der Waals surface area (Å²) in [6.45, 7) is 1.70. The number of methoxy groups -OCH3 is 1. The van der Waals surface area contributed by atoms with Crippen molar-refractivity contribution in [1.29, 1.82) is 0 Å². The minimum Gasteiger partial charge on any atom is -0.466 e. The Morgan fingerprint density at radius 1 is 1.16 bits per heavy atom. The lowest BCUT2D eigenvalue weighted by Crippen LogP contribution is -2.39. The van der Waals surface area contributed by atoms with E-state index in [9.17, 15) is 19.7 Å². The van der Waals surface area contributed by atoms with Crippen LogP contribution in [0.15, 0.2) is 86.1 Å². The smallest absolute Gasteiger partial charge is 0.338 e. The second-order valence-corrected chi connectivity index (χ2v) is 9.58. The molecule has 37 heavy (non-hydrogen) atoms. The van der Waals surface area contributed by atoms with Gasteiger partial charge in [0.25, 0.3) is 11.2 Å². The van der Waals surface area contributed by atoms with Gasteiger partial charge in [0.05, 0.1) is 33.9 Å². The molecule has 5 rings (SSSR count). The molecule has 0 aliphatic carbocycles. The SMILES string of the molecule is COC(=O)C1=C(C)N=c2s/c(=C\c3ccc(-c4ccc([N+](=O)[O-])cc4)o3)c(=O)n2[C@@H]1c1ccc(Cl)cc1. The molecule has 0 unspecified atom stereocenters. The lowest BCUT2D eigenvalue weighted by atomic mass is 9.96. The molecule has 0 fully saturated rings. The van der Waals surface area contributed by atoms with Gasteiger partial charge in [-0.15, -0.1) is 0 Å². The first-order valence-corrected chi connectivity index (χ1v) is 12.2. The summed E-state index contributed by atoms with van der Waals surface area (Å²) in [5, 5.41) is 11.4. The van der Waals surface area contributed by atoms with Crippen LogP contribution in [0.1, 0.15) is 24.3 Å². The summed E-state index contributed by atoms with van der Waals surface area (Å²) >= 11 is 7.24. The van der Waals surface area contributed by atoms with E-state index in [2.05, 4.69) is 4.99 Å². The van der Waals surface area contributed by atoms with Gasteiger partial charge in [-0.3, -0.25) is 19.5 Å². The van der Waals surface area contributed by atoms with Gasteiger partial charge in [-0.25, -0.2) is 9.79 Å². The lowest BCUT2D eigenvalue weighted by Gasteiger charge is -2.24. The Hall–Kier alpha value is -4.28. The minimum absolute atomic E-state index is 0.0199. The van der Waals surface area contributed by atoms with E-state index in [-0.39, 0.29) is 16.8 Å². The third kappa shape index (κ3) is 4.52. The van der Waals surface area contributed by atoms with Gasteiger partial charge in [0.1, 0.15) is 11.5 Å². The van der Waals surface area contributed by atoms with Crippen LogP contribution >= 0.6 is 22.9 Å². The molecule has 0 saturated carbocycles. The Morgan fingerprint density at radius 2 is 1.86 bits per heavy atom. The zero-order valence-electron chi connectivity index (χ0n) is 19.5. The fourth-order valence-electron chi connectivity index (χ4n) is 4.12. The number of carbonyl (C=O) groups excluding carboxylic acids is 1. The molecule has 2 aromatic heterocycles. The molecular weight excluding hydrogens is 518 g/mol. The van der Waals surface area contributed by atoms with Crippen LogP contribution in [0.4, 0.5) is 5.69 Å². The van der Waals surface area contributed by atoms with Crippen molar-refractivity contribution in [2.24, 2.45) is 4.99 Å². The van der Waals surface area contributed by atoms with Crippen molar-refractivity contribution in [3.63, 3.8) is 0 Å². The average molecular weight is 536 g/mol. The maximum Gasteiger partial charge on any atom is 0.338 e.